The van der Waals surface area contributed by atoms with Crippen molar-refractivity contribution in [2.45, 2.75) is 26.1 Å². The quantitative estimate of drug-likeness (QED) is 0.304. The summed E-state index contributed by atoms with van der Waals surface area (Å²) in [5.74, 6) is -0.0230. The molecular weight excluding hydrogens is 370 g/mol. The molecule has 0 aliphatic rings. The standard InChI is InChI=1S/C22H25N3O4/c1-2-3-10-15-23-20(24-21(26)28-16-18-11-6-4-7-12-18)25-22(27)29-17-19-13-8-5-9-14-19/h2,4-9,11-14H,1,3,10,15-17H2,(H2,23,24,25,26,27). The molecule has 0 saturated heterocycles. The van der Waals surface area contributed by atoms with Crippen LogP contribution in [0.5, 0.6) is 0 Å². The predicted molar refractivity (Wildman–Crippen MR) is 111 cm³/mol. The van der Waals surface area contributed by atoms with Crippen LogP contribution in [-0.2, 0) is 22.7 Å². The number of ether oxygens (including phenoxy) is 2. The summed E-state index contributed by atoms with van der Waals surface area (Å²) in [6, 6.07) is 18.5. The molecule has 0 spiro atoms. The van der Waals surface area contributed by atoms with E-state index in [9.17, 15) is 9.59 Å². The molecule has 2 aromatic carbocycles. The second-order valence-corrected chi connectivity index (χ2v) is 6.03. The molecule has 0 fully saturated rings. The normalized spacial score (nSPS) is 9.79. The van der Waals surface area contributed by atoms with Gasteiger partial charge in [-0.05, 0) is 24.0 Å². The van der Waals surface area contributed by atoms with Crippen LogP contribution in [0.3, 0.4) is 0 Å². The highest BCUT2D eigenvalue weighted by Crippen LogP contribution is 2.02. The van der Waals surface area contributed by atoms with Gasteiger partial charge in [0.15, 0.2) is 0 Å². The summed E-state index contributed by atoms with van der Waals surface area (Å²) < 4.78 is 10.3. The fourth-order valence-electron chi connectivity index (χ4n) is 2.25. The topological polar surface area (TPSA) is 89.0 Å². The van der Waals surface area contributed by atoms with E-state index in [2.05, 4.69) is 22.2 Å². The Morgan fingerprint density at radius 2 is 1.34 bits per heavy atom. The van der Waals surface area contributed by atoms with Crippen LogP contribution in [0.1, 0.15) is 24.0 Å². The average molecular weight is 395 g/mol. The molecule has 152 valence electrons. The second kappa shape index (κ2) is 12.7. The van der Waals surface area contributed by atoms with E-state index in [4.69, 9.17) is 9.47 Å². The number of allylic oxidation sites excluding steroid dienone is 1. The van der Waals surface area contributed by atoms with Gasteiger partial charge in [0, 0.05) is 6.54 Å². The molecule has 2 rings (SSSR count). The number of guanidine groups is 1. The Hall–Kier alpha value is -3.61. The molecule has 29 heavy (non-hydrogen) atoms. The molecule has 2 aromatic rings. The minimum atomic E-state index is -0.723. The minimum Gasteiger partial charge on any atom is -0.444 e. The fraction of sp³-hybridized carbons (Fsp3) is 0.227. The lowest BCUT2D eigenvalue weighted by Gasteiger charge is -2.11. The number of hydrogen-bond acceptors (Lipinski definition) is 5. The third kappa shape index (κ3) is 9.23. The molecule has 0 unspecified atom stereocenters. The van der Waals surface area contributed by atoms with Crippen LogP contribution in [0.15, 0.2) is 78.3 Å². The maximum absolute atomic E-state index is 12.1. The molecule has 0 saturated carbocycles. The van der Waals surface area contributed by atoms with E-state index in [-0.39, 0.29) is 19.2 Å². The summed E-state index contributed by atoms with van der Waals surface area (Å²) in [5, 5.41) is 4.89. The lowest BCUT2D eigenvalue weighted by atomic mass is 10.2. The maximum atomic E-state index is 12.1. The van der Waals surface area contributed by atoms with Crippen molar-refractivity contribution in [1.29, 1.82) is 0 Å². The van der Waals surface area contributed by atoms with E-state index in [1.807, 2.05) is 60.7 Å². The summed E-state index contributed by atoms with van der Waals surface area (Å²) in [7, 11) is 0. The predicted octanol–water partition coefficient (Wildman–Crippen LogP) is 4.16. The molecule has 7 heteroatoms. The number of rotatable bonds is 8. The van der Waals surface area contributed by atoms with Gasteiger partial charge in [-0.25, -0.2) is 9.59 Å². The Balaban J connectivity index is 1.86. The van der Waals surface area contributed by atoms with Gasteiger partial charge in [0.25, 0.3) is 0 Å². The first-order chi connectivity index (χ1) is 14.2. The van der Waals surface area contributed by atoms with Crippen molar-refractivity contribution in [3.05, 3.63) is 84.4 Å². The summed E-state index contributed by atoms with van der Waals surface area (Å²) in [5.41, 5.74) is 1.70. The first-order valence-electron chi connectivity index (χ1n) is 9.28. The molecule has 0 radical (unpaired) electrons. The van der Waals surface area contributed by atoms with Gasteiger partial charge in [-0.2, -0.15) is 0 Å². The summed E-state index contributed by atoms with van der Waals surface area (Å²) in [4.78, 5) is 28.3. The van der Waals surface area contributed by atoms with Crippen molar-refractivity contribution in [2.24, 2.45) is 4.99 Å². The summed E-state index contributed by atoms with van der Waals surface area (Å²) >= 11 is 0. The Morgan fingerprint density at radius 3 is 1.79 bits per heavy atom. The lowest BCUT2D eigenvalue weighted by molar-refractivity contribution is 0.141. The molecule has 0 atom stereocenters. The molecule has 2 N–H and O–H groups in total. The minimum absolute atomic E-state index is 0.0230. The zero-order valence-electron chi connectivity index (χ0n) is 16.2. The van der Waals surface area contributed by atoms with Crippen molar-refractivity contribution in [3.8, 4) is 0 Å². The van der Waals surface area contributed by atoms with Crippen LogP contribution in [-0.4, -0.2) is 24.7 Å². The van der Waals surface area contributed by atoms with Gasteiger partial charge in [-0.15, -0.1) is 6.58 Å². The monoisotopic (exact) mass is 395 g/mol. The number of carbonyl (C=O) groups excluding carboxylic acids is 2. The van der Waals surface area contributed by atoms with E-state index in [1.165, 1.54) is 0 Å². The van der Waals surface area contributed by atoms with Gasteiger partial charge in [0.1, 0.15) is 13.2 Å². The van der Waals surface area contributed by atoms with Gasteiger partial charge < -0.3 is 9.47 Å². The van der Waals surface area contributed by atoms with Crippen LogP contribution in [0.25, 0.3) is 0 Å². The number of alkyl carbamates (subject to hydrolysis) is 2. The van der Waals surface area contributed by atoms with Gasteiger partial charge in [0.2, 0.25) is 5.96 Å². The Labute approximate surface area is 170 Å². The molecule has 0 bridgehead atoms. The number of benzene rings is 2. The highest BCUT2D eigenvalue weighted by molar-refractivity contribution is 6.01. The van der Waals surface area contributed by atoms with Crippen molar-refractivity contribution in [3.63, 3.8) is 0 Å². The molecule has 7 nitrogen and oxygen atoms in total. The largest absolute Gasteiger partial charge is 0.444 e. The van der Waals surface area contributed by atoms with Crippen molar-refractivity contribution >= 4 is 18.1 Å². The molecule has 0 heterocycles. The SMILES string of the molecule is C=CCCCN=C(NC(=O)OCc1ccccc1)NC(=O)OCc1ccccc1. The van der Waals surface area contributed by atoms with Crippen molar-refractivity contribution < 1.29 is 19.1 Å². The lowest BCUT2D eigenvalue weighted by Crippen LogP contribution is -2.44. The Morgan fingerprint density at radius 1 is 0.862 bits per heavy atom. The third-order valence-corrected chi connectivity index (χ3v) is 3.70. The number of nitrogens with zero attached hydrogens (tertiary/aromatic N) is 1. The highest BCUT2D eigenvalue weighted by Gasteiger charge is 2.12. The molecule has 0 aliphatic heterocycles. The van der Waals surface area contributed by atoms with Crippen LogP contribution in [0, 0.1) is 0 Å². The number of hydrogen-bond donors (Lipinski definition) is 2. The molecular formula is C22H25N3O4. The van der Waals surface area contributed by atoms with E-state index < -0.39 is 12.2 Å². The number of amides is 2. The van der Waals surface area contributed by atoms with Gasteiger partial charge in [-0.1, -0.05) is 66.7 Å². The van der Waals surface area contributed by atoms with E-state index in [0.717, 1.165) is 24.0 Å². The van der Waals surface area contributed by atoms with E-state index in [0.29, 0.717) is 6.54 Å². The van der Waals surface area contributed by atoms with Crippen LogP contribution >= 0.6 is 0 Å². The number of aliphatic imine (C=N–C) groups is 1. The number of unbranched alkanes of at least 4 members (excludes halogenated alkanes) is 1. The molecule has 2 amide bonds. The van der Waals surface area contributed by atoms with Crippen LogP contribution < -0.4 is 10.6 Å². The van der Waals surface area contributed by atoms with Crippen LogP contribution in [0.2, 0.25) is 0 Å². The Kier molecular flexibility index (Phi) is 9.51. The van der Waals surface area contributed by atoms with Crippen LogP contribution in [0.4, 0.5) is 9.59 Å². The van der Waals surface area contributed by atoms with Gasteiger partial charge >= 0.3 is 12.2 Å². The first kappa shape index (κ1) is 21.7. The fourth-order valence-corrected chi connectivity index (χ4v) is 2.25. The van der Waals surface area contributed by atoms with Crippen molar-refractivity contribution in [2.75, 3.05) is 6.54 Å². The molecule has 0 aliphatic carbocycles. The third-order valence-electron chi connectivity index (χ3n) is 3.70. The molecule has 0 aromatic heterocycles. The van der Waals surface area contributed by atoms with E-state index in [1.54, 1.807) is 6.08 Å². The summed E-state index contributed by atoms with van der Waals surface area (Å²) in [6.45, 7) is 4.27. The van der Waals surface area contributed by atoms with Gasteiger partial charge in [-0.3, -0.25) is 15.6 Å². The van der Waals surface area contributed by atoms with Crippen molar-refractivity contribution in [1.82, 2.24) is 10.6 Å². The summed E-state index contributed by atoms with van der Waals surface area (Å²) in [6.07, 6.45) is 1.83. The maximum Gasteiger partial charge on any atom is 0.414 e. The van der Waals surface area contributed by atoms with E-state index >= 15 is 0 Å². The first-order valence-corrected chi connectivity index (χ1v) is 9.28. The van der Waals surface area contributed by atoms with Gasteiger partial charge in [0.05, 0.1) is 0 Å². The zero-order valence-corrected chi connectivity index (χ0v) is 16.2. The smallest absolute Gasteiger partial charge is 0.414 e. The number of carbonyl (C=O) groups is 2. The Bertz CT molecular complexity index is 748. The number of nitrogens with one attached hydrogen (secondary N) is 2. The second-order valence-electron chi connectivity index (χ2n) is 6.03. The highest BCUT2D eigenvalue weighted by atomic mass is 16.6. The average Bonchev–Trinajstić information content (AvgIpc) is 2.75. The zero-order chi connectivity index (χ0) is 20.7.